The molecule has 0 aromatic heterocycles. The lowest BCUT2D eigenvalue weighted by Crippen LogP contribution is -2.51. The van der Waals surface area contributed by atoms with Crippen LogP contribution in [0.2, 0.25) is 0 Å². The van der Waals surface area contributed by atoms with E-state index in [0.717, 1.165) is 0 Å². The number of carboxylic acids is 1. The zero-order valence-electron chi connectivity index (χ0n) is 16.0. The van der Waals surface area contributed by atoms with Gasteiger partial charge in [-0.05, 0) is 37.0 Å². The molecule has 0 radical (unpaired) electrons. The second kappa shape index (κ2) is 9.03. The first-order valence-corrected chi connectivity index (χ1v) is 9.06. The van der Waals surface area contributed by atoms with Crippen molar-refractivity contribution in [2.24, 2.45) is 5.92 Å². The molecule has 5 atom stereocenters. The Kier molecular flexibility index (Phi) is 6.98. The monoisotopic (exact) mass is 394 g/mol. The lowest BCUT2D eigenvalue weighted by molar-refractivity contribution is -0.138. The van der Waals surface area contributed by atoms with Gasteiger partial charge in [0, 0.05) is 0 Å². The molecule has 0 spiro atoms. The Morgan fingerprint density at radius 2 is 1.68 bits per heavy atom. The van der Waals surface area contributed by atoms with E-state index in [4.69, 9.17) is 9.84 Å². The number of aliphatic hydroxyl groups excluding tert-OH is 1. The number of benzene rings is 1. The van der Waals surface area contributed by atoms with E-state index >= 15 is 0 Å². The van der Waals surface area contributed by atoms with Crippen molar-refractivity contribution in [2.45, 2.75) is 57.6 Å². The maximum absolute atomic E-state index is 12.6. The average molecular weight is 394 g/mol. The fraction of sp³-hybridized carbons (Fsp3) is 0.526. The summed E-state index contributed by atoms with van der Waals surface area (Å²) >= 11 is 0. The molecule has 1 saturated heterocycles. The van der Waals surface area contributed by atoms with E-state index in [9.17, 15) is 24.6 Å². The second-order valence-corrected chi connectivity index (χ2v) is 7.34. The van der Waals surface area contributed by atoms with Gasteiger partial charge < -0.3 is 30.7 Å². The summed E-state index contributed by atoms with van der Waals surface area (Å²) in [5, 5.41) is 33.8. The molecule has 1 fully saturated rings. The van der Waals surface area contributed by atoms with Crippen molar-refractivity contribution in [1.29, 1.82) is 0 Å². The number of phenolic OH excluding ortho intramolecular Hbond substituents is 1. The third kappa shape index (κ3) is 5.67. The molecule has 0 aliphatic carbocycles. The smallest absolute Gasteiger partial charge is 0.336 e. The summed E-state index contributed by atoms with van der Waals surface area (Å²) in [6.45, 7) is 5.39. The van der Waals surface area contributed by atoms with Crippen LogP contribution in [0.4, 0.5) is 0 Å². The number of nitrogens with one attached hydrogen (secondary N) is 2. The van der Waals surface area contributed by atoms with Crippen LogP contribution < -0.4 is 10.6 Å². The summed E-state index contributed by atoms with van der Waals surface area (Å²) in [6, 6.07) is 4.42. The highest BCUT2D eigenvalue weighted by molar-refractivity contribution is 5.95. The first kappa shape index (κ1) is 21.6. The number of epoxide rings is 1. The van der Waals surface area contributed by atoms with E-state index in [1.807, 2.05) is 13.8 Å². The highest BCUT2D eigenvalue weighted by atomic mass is 16.6. The Morgan fingerprint density at radius 1 is 1.07 bits per heavy atom. The molecule has 1 heterocycles. The van der Waals surface area contributed by atoms with Crippen LogP contribution >= 0.6 is 0 Å². The van der Waals surface area contributed by atoms with E-state index < -0.39 is 48.2 Å². The van der Waals surface area contributed by atoms with Gasteiger partial charge >= 0.3 is 5.97 Å². The van der Waals surface area contributed by atoms with Gasteiger partial charge in [-0.25, -0.2) is 4.79 Å². The third-order valence-corrected chi connectivity index (χ3v) is 4.41. The van der Waals surface area contributed by atoms with Gasteiger partial charge in [-0.15, -0.1) is 0 Å². The van der Waals surface area contributed by atoms with E-state index in [0.29, 0.717) is 12.0 Å². The van der Waals surface area contributed by atoms with Crippen molar-refractivity contribution in [1.82, 2.24) is 10.6 Å². The van der Waals surface area contributed by atoms with Crippen molar-refractivity contribution < 1.29 is 34.4 Å². The maximum atomic E-state index is 12.6. The Bertz CT molecular complexity index is 719. The largest absolute Gasteiger partial charge is 0.508 e. The molecular weight excluding hydrogens is 368 g/mol. The Hall–Kier alpha value is -2.65. The number of phenols is 1. The summed E-state index contributed by atoms with van der Waals surface area (Å²) in [5.74, 6) is -2.21. The van der Waals surface area contributed by atoms with Crippen molar-refractivity contribution in [3.05, 3.63) is 29.8 Å². The molecule has 5 N–H and O–H groups in total. The fourth-order valence-electron chi connectivity index (χ4n) is 2.82. The zero-order chi connectivity index (χ0) is 21.0. The van der Waals surface area contributed by atoms with Crippen LogP contribution in [0, 0.1) is 5.92 Å². The molecule has 9 nitrogen and oxygen atoms in total. The molecule has 1 aliphatic rings. The van der Waals surface area contributed by atoms with Gasteiger partial charge in [-0.2, -0.15) is 0 Å². The average Bonchev–Trinajstić information content (AvgIpc) is 3.41. The normalized spacial score (nSPS) is 21.5. The highest BCUT2D eigenvalue weighted by Gasteiger charge is 2.51. The molecule has 2 amide bonds. The minimum absolute atomic E-state index is 0.0642. The molecule has 28 heavy (non-hydrogen) atoms. The predicted octanol–water partition coefficient (Wildman–Crippen LogP) is 0.313. The van der Waals surface area contributed by atoms with Gasteiger partial charge in [0.05, 0.1) is 12.1 Å². The summed E-state index contributed by atoms with van der Waals surface area (Å²) in [7, 11) is 0. The Morgan fingerprint density at radius 3 is 2.18 bits per heavy atom. The second-order valence-electron chi connectivity index (χ2n) is 7.34. The number of aromatic hydroxyl groups is 1. The first-order valence-electron chi connectivity index (χ1n) is 9.06. The number of aliphatic hydroxyl groups is 1. The number of rotatable bonds is 9. The number of hydrogen-bond donors (Lipinski definition) is 5. The molecule has 154 valence electrons. The lowest BCUT2D eigenvalue weighted by atomic mass is 10.0. The van der Waals surface area contributed by atoms with Crippen LogP contribution in [0.5, 0.6) is 5.75 Å². The molecule has 1 aliphatic heterocycles. The van der Waals surface area contributed by atoms with Crippen molar-refractivity contribution in [2.75, 3.05) is 0 Å². The quantitative estimate of drug-likeness (QED) is 0.379. The first-order chi connectivity index (χ1) is 13.1. The van der Waals surface area contributed by atoms with Crippen LogP contribution in [0.25, 0.3) is 0 Å². The van der Waals surface area contributed by atoms with Crippen LogP contribution in [-0.4, -0.2) is 57.4 Å². The molecule has 3 unspecified atom stereocenters. The minimum Gasteiger partial charge on any atom is -0.508 e. The molecule has 0 saturated carbocycles. The van der Waals surface area contributed by atoms with Crippen LogP contribution in [0.15, 0.2) is 24.3 Å². The standard InChI is InChI=1S/C19H26N2O7/c1-9(2)8-13(21-18(25)15-16(28-15)19(26)27)17(24)20-10(3)14(23)11-4-6-12(22)7-5-11/h4-7,9-10,13-16,22-23H,8H2,1-3H3,(H,20,24)(H,21,25)(H,26,27)/t10?,13?,14?,15-,16-/m0/s1. The number of ether oxygens (including phenoxy) is 1. The molecule has 0 bridgehead atoms. The molecule has 1 aromatic carbocycles. The Labute approximate surface area is 162 Å². The number of hydrogen-bond acceptors (Lipinski definition) is 6. The number of carboxylic acid groups (broad SMARTS) is 1. The molecule has 2 rings (SSSR count). The summed E-state index contributed by atoms with van der Waals surface area (Å²) < 4.78 is 4.81. The predicted molar refractivity (Wildman–Crippen MR) is 98.4 cm³/mol. The van der Waals surface area contributed by atoms with Gasteiger partial charge in [0.15, 0.2) is 12.2 Å². The topological polar surface area (TPSA) is 148 Å². The number of carbonyl (C=O) groups excluding carboxylic acids is 2. The summed E-state index contributed by atoms with van der Waals surface area (Å²) in [6.07, 6.45) is -2.95. The van der Waals surface area contributed by atoms with E-state index in [2.05, 4.69) is 10.6 Å². The van der Waals surface area contributed by atoms with Crippen LogP contribution in [0.3, 0.4) is 0 Å². The van der Waals surface area contributed by atoms with Crippen molar-refractivity contribution >= 4 is 17.8 Å². The third-order valence-electron chi connectivity index (χ3n) is 4.41. The van der Waals surface area contributed by atoms with Gasteiger partial charge in [-0.3, -0.25) is 9.59 Å². The Balaban J connectivity index is 1.98. The fourth-order valence-corrected chi connectivity index (χ4v) is 2.82. The van der Waals surface area contributed by atoms with Crippen LogP contribution in [0.1, 0.15) is 38.9 Å². The van der Waals surface area contributed by atoms with E-state index in [-0.39, 0.29) is 11.7 Å². The summed E-state index contributed by atoms with van der Waals surface area (Å²) in [4.78, 5) is 35.6. The van der Waals surface area contributed by atoms with E-state index in [1.165, 1.54) is 12.1 Å². The SMILES string of the molecule is CC(C)CC(NC(=O)[C@H]1O[C@@H]1C(=O)O)C(=O)NC(C)C(O)c1ccc(O)cc1. The number of carbonyl (C=O) groups is 3. The maximum Gasteiger partial charge on any atom is 0.336 e. The van der Waals surface area contributed by atoms with Crippen LogP contribution in [-0.2, 0) is 19.1 Å². The molecule has 9 heteroatoms. The van der Waals surface area contributed by atoms with Gasteiger partial charge in [0.1, 0.15) is 11.8 Å². The number of amides is 2. The highest BCUT2D eigenvalue weighted by Crippen LogP contribution is 2.23. The lowest BCUT2D eigenvalue weighted by Gasteiger charge is -2.25. The molecule has 1 aromatic rings. The van der Waals surface area contributed by atoms with Crippen molar-refractivity contribution in [3.8, 4) is 5.75 Å². The van der Waals surface area contributed by atoms with Gasteiger partial charge in [0.25, 0.3) is 5.91 Å². The van der Waals surface area contributed by atoms with E-state index in [1.54, 1.807) is 19.1 Å². The van der Waals surface area contributed by atoms with Gasteiger partial charge in [-0.1, -0.05) is 26.0 Å². The van der Waals surface area contributed by atoms with Crippen molar-refractivity contribution in [3.63, 3.8) is 0 Å². The number of aliphatic carboxylic acids is 1. The minimum atomic E-state index is -1.23. The summed E-state index contributed by atoms with van der Waals surface area (Å²) in [5.41, 5.74) is 0.519. The van der Waals surface area contributed by atoms with Gasteiger partial charge in [0.2, 0.25) is 5.91 Å². The molecular formula is C19H26N2O7. The zero-order valence-corrected chi connectivity index (χ0v) is 16.0.